The molecular weight excluding hydrogens is 320 g/mol. The van der Waals surface area contributed by atoms with Gasteiger partial charge in [0, 0.05) is 24.2 Å². The number of aromatic hydroxyl groups is 1. The lowest BCUT2D eigenvalue weighted by atomic mass is 10.2. The highest BCUT2D eigenvalue weighted by atomic mass is 16.5. The fraction of sp³-hybridized carbons (Fsp3) is 0.263. The fourth-order valence-corrected chi connectivity index (χ4v) is 2.24. The molecule has 2 aromatic rings. The van der Waals surface area contributed by atoms with E-state index in [2.05, 4.69) is 10.6 Å². The van der Waals surface area contributed by atoms with Crippen molar-refractivity contribution in [1.29, 1.82) is 0 Å². The third-order valence-electron chi connectivity index (χ3n) is 3.44. The minimum Gasteiger partial charge on any atom is -0.508 e. The van der Waals surface area contributed by atoms with Gasteiger partial charge in [0.15, 0.2) is 0 Å². The van der Waals surface area contributed by atoms with Gasteiger partial charge in [-0.2, -0.15) is 0 Å². The lowest BCUT2D eigenvalue weighted by molar-refractivity contribution is 0.0951. The molecule has 2 amide bonds. The molecule has 0 unspecified atom stereocenters. The molecule has 25 heavy (non-hydrogen) atoms. The number of carbonyl (C=O) groups excluding carboxylic acids is 2. The van der Waals surface area contributed by atoms with Crippen molar-refractivity contribution in [1.82, 2.24) is 10.6 Å². The van der Waals surface area contributed by atoms with E-state index in [-0.39, 0.29) is 17.6 Å². The van der Waals surface area contributed by atoms with Gasteiger partial charge in [-0.05, 0) is 49.7 Å². The van der Waals surface area contributed by atoms with Crippen LogP contribution in [0, 0.1) is 0 Å². The standard InChI is InChI=1S/C19H22N2O4/c1-2-25-17-9-4-7-15(13-17)19(24)21-11-5-10-20-18(23)14-6-3-8-16(22)12-14/h3-4,6-9,12-13,22H,2,5,10-11H2,1H3,(H,20,23)(H,21,24). The Morgan fingerprint density at radius 1 is 0.960 bits per heavy atom. The van der Waals surface area contributed by atoms with Gasteiger partial charge in [-0.15, -0.1) is 0 Å². The third-order valence-corrected chi connectivity index (χ3v) is 3.44. The van der Waals surface area contributed by atoms with Gasteiger partial charge in [-0.1, -0.05) is 12.1 Å². The lowest BCUT2D eigenvalue weighted by Crippen LogP contribution is -2.29. The van der Waals surface area contributed by atoms with Crippen molar-refractivity contribution in [3.63, 3.8) is 0 Å². The molecule has 0 spiro atoms. The second-order valence-corrected chi connectivity index (χ2v) is 5.38. The number of benzene rings is 2. The Morgan fingerprint density at radius 2 is 1.56 bits per heavy atom. The summed E-state index contributed by atoms with van der Waals surface area (Å²) in [6, 6.07) is 13.1. The largest absolute Gasteiger partial charge is 0.508 e. The first-order valence-electron chi connectivity index (χ1n) is 8.18. The van der Waals surface area contributed by atoms with Crippen LogP contribution in [0.3, 0.4) is 0 Å². The van der Waals surface area contributed by atoms with E-state index >= 15 is 0 Å². The zero-order valence-electron chi connectivity index (χ0n) is 14.1. The van der Waals surface area contributed by atoms with Gasteiger partial charge in [0.2, 0.25) is 0 Å². The average Bonchev–Trinajstić information content (AvgIpc) is 2.61. The zero-order valence-corrected chi connectivity index (χ0v) is 14.1. The maximum atomic E-state index is 12.1. The van der Waals surface area contributed by atoms with E-state index in [4.69, 9.17) is 4.74 Å². The number of nitrogens with one attached hydrogen (secondary N) is 2. The van der Waals surface area contributed by atoms with Crippen LogP contribution in [0.1, 0.15) is 34.1 Å². The number of rotatable bonds is 8. The molecule has 3 N–H and O–H groups in total. The predicted octanol–water partition coefficient (Wildman–Crippen LogP) is 2.34. The quantitative estimate of drug-likeness (QED) is 0.643. The summed E-state index contributed by atoms with van der Waals surface area (Å²) in [5.41, 5.74) is 0.937. The van der Waals surface area contributed by atoms with E-state index in [1.807, 2.05) is 6.92 Å². The van der Waals surface area contributed by atoms with Crippen LogP contribution >= 0.6 is 0 Å². The molecule has 0 bridgehead atoms. The summed E-state index contributed by atoms with van der Waals surface area (Å²) in [5, 5.41) is 14.9. The third kappa shape index (κ3) is 5.84. The molecule has 6 nitrogen and oxygen atoms in total. The van der Waals surface area contributed by atoms with Gasteiger partial charge in [-0.25, -0.2) is 0 Å². The van der Waals surface area contributed by atoms with Gasteiger partial charge < -0.3 is 20.5 Å². The predicted molar refractivity (Wildman–Crippen MR) is 95.0 cm³/mol. The van der Waals surface area contributed by atoms with Crippen LogP contribution in [-0.4, -0.2) is 36.6 Å². The topological polar surface area (TPSA) is 87.7 Å². The summed E-state index contributed by atoms with van der Waals surface area (Å²) >= 11 is 0. The highest BCUT2D eigenvalue weighted by Gasteiger charge is 2.07. The van der Waals surface area contributed by atoms with Crippen molar-refractivity contribution in [2.45, 2.75) is 13.3 Å². The molecule has 2 aromatic carbocycles. The Hall–Kier alpha value is -3.02. The van der Waals surface area contributed by atoms with Gasteiger partial charge in [0.1, 0.15) is 11.5 Å². The molecule has 0 aromatic heterocycles. The number of hydrogen-bond acceptors (Lipinski definition) is 4. The monoisotopic (exact) mass is 342 g/mol. The van der Waals surface area contributed by atoms with Crippen LogP contribution in [-0.2, 0) is 0 Å². The van der Waals surface area contributed by atoms with E-state index in [0.29, 0.717) is 43.0 Å². The number of phenols is 1. The Bertz CT molecular complexity index is 731. The molecule has 0 saturated heterocycles. The molecule has 0 saturated carbocycles. The van der Waals surface area contributed by atoms with Crippen molar-refractivity contribution in [2.75, 3.05) is 19.7 Å². The SMILES string of the molecule is CCOc1cccc(C(=O)NCCCNC(=O)c2cccc(O)c2)c1. The molecule has 0 fully saturated rings. The van der Waals surface area contributed by atoms with Gasteiger partial charge in [0.05, 0.1) is 6.61 Å². The summed E-state index contributed by atoms with van der Waals surface area (Å²) in [4.78, 5) is 24.0. The summed E-state index contributed by atoms with van der Waals surface area (Å²) in [6.07, 6.45) is 0.599. The second kappa shape index (κ2) is 9.32. The molecule has 0 atom stereocenters. The van der Waals surface area contributed by atoms with Crippen LogP contribution in [0.5, 0.6) is 11.5 Å². The van der Waals surface area contributed by atoms with E-state index in [9.17, 15) is 14.7 Å². The first kappa shape index (κ1) is 18.3. The van der Waals surface area contributed by atoms with Crippen LogP contribution in [0.15, 0.2) is 48.5 Å². The van der Waals surface area contributed by atoms with Gasteiger partial charge in [0.25, 0.3) is 11.8 Å². The van der Waals surface area contributed by atoms with Gasteiger partial charge in [-0.3, -0.25) is 9.59 Å². The average molecular weight is 342 g/mol. The summed E-state index contributed by atoms with van der Waals surface area (Å²) in [7, 11) is 0. The molecule has 0 aliphatic rings. The minimum absolute atomic E-state index is 0.0502. The number of ether oxygens (including phenoxy) is 1. The number of phenolic OH excluding ortho intramolecular Hbond substituents is 1. The molecule has 6 heteroatoms. The Morgan fingerprint density at radius 3 is 2.16 bits per heavy atom. The maximum Gasteiger partial charge on any atom is 0.251 e. The molecule has 2 rings (SSSR count). The fourth-order valence-electron chi connectivity index (χ4n) is 2.24. The van der Waals surface area contributed by atoms with Crippen molar-refractivity contribution < 1.29 is 19.4 Å². The van der Waals surface area contributed by atoms with Gasteiger partial charge >= 0.3 is 0 Å². The minimum atomic E-state index is -0.258. The van der Waals surface area contributed by atoms with Crippen LogP contribution in [0.2, 0.25) is 0 Å². The summed E-state index contributed by atoms with van der Waals surface area (Å²) < 4.78 is 5.37. The Balaban J connectivity index is 1.71. The van der Waals surface area contributed by atoms with Crippen LogP contribution < -0.4 is 15.4 Å². The highest BCUT2D eigenvalue weighted by Crippen LogP contribution is 2.13. The van der Waals surface area contributed by atoms with Crippen molar-refractivity contribution in [3.05, 3.63) is 59.7 Å². The number of carbonyl (C=O) groups is 2. The number of hydrogen-bond donors (Lipinski definition) is 3. The highest BCUT2D eigenvalue weighted by molar-refractivity contribution is 5.95. The van der Waals surface area contributed by atoms with E-state index in [1.54, 1.807) is 36.4 Å². The Kier molecular flexibility index (Phi) is 6.83. The summed E-state index contributed by atoms with van der Waals surface area (Å²) in [5.74, 6) is 0.273. The van der Waals surface area contributed by atoms with E-state index in [1.165, 1.54) is 12.1 Å². The lowest BCUT2D eigenvalue weighted by Gasteiger charge is -2.08. The van der Waals surface area contributed by atoms with Crippen molar-refractivity contribution in [3.8, 4) is 11.5 Å². The molecule has 0 aliphatic heterocycles. The zero-order chi connectivity index (χ0) is 18.1. The van der Waals surface area contributed by atoms with E-state index < -0.39 is 0 Å². The Labute approximate surface area is 146 Å². The first-order valence-corrected chi connectivity index (χ1v) is 8.18. The number of amides is 2. The normalized spacial score (nSPS) is 10.1. The second-order valence-electron chi connectivity index (χ2n) is 5.38. The molecule has 132 valence electrons. The van der Waals surface area contributed by atoms with Crippen LogP contribution in [0.4, 0.5) is 0 Å². The maximum absolute atomic E-state index is 12.1. The molecular formula is C19H22N2O4. The van der Waals surface area contributed by atoms with Crippen molar-refractivity contribution in [2.24, 2.45) is 0 Å². The smallest absolute Gasteiger partial charge is 0.251 e. The molecule has 0 aliphatic carbocycles. The van der Waals surface area contributed by atoms with E-state index in [0.717, 1.165) is 0 Å². The molecule has 0 heterocycles. The summed E-state index contributed by atoms with van der Waals surface area (Å²) in [6.45, 7) is 3.30. The molecule has 0 radical (unpaired) electrons. The van der Waals surface area contributed by atoms with Crippen molar-refractivity contribution >= 4 is 11.8 Å². The first-order chi connectivity index (χ1) is 12.1. The van der Waals surface area contributed by atoms with Crippen LogP contribution in [0.25, 0.3) is 0 Å².